The molecular formula is C35H39F4N7O4. The fourth-order valence-corrected chi connectivity index (χ4v) is 6.49. The van der Waals surface area contributed by atoms with Gasteiger partial charge in [-0.1, -0.05) is 18.2 Å². The minimum Gasteiger partial charge on any atom is -0.381 e. The minimum absolute atomic E-state index is 0.0577. The first-order valence-corrected chi connectivity index (χ1v) is 16.3. The summed E-state index contributed by atoms with van der Waals surface area (Å²) < 4.78 is 62.1. The van der Waals surface area contributed by atoms with E-state index in [2.05, 4.69) is 11.4 Å². The summed E-state index contributed by atoms with van der Waals surface area (Å²) in [4.78, 5) is 47.1. The van der Waals surface area contributed by atoms with Crippen molar-refractivity contribution in [3.8, 4) is 6.07 Å². The minimum atomic E-state index is -4.71. The van der Waals surface area contributed by atoms with Crippen molar-refractivity contribution >= 4 is 23.5 Å². The number of anilines is 1. The predicted octanol–water partition coefficient (Wildman–Crippen LogP) is 4.61. The number of nitrogens with zero attached hydrogens (tertiary/aromatic N) is 6. The zero-order valence-electron chi connectivity index (χ0n) is 28.2. The van der Waals surface area contributed by atoms with E-state index >= 15 is 0 Å². The van der Waals surface area contributed by atoms with Gasteiger partial charge in [0.15, 0.2) is 5.69 Å². The number of benzene rings is 2. The molecular weight excluding hydrogens is 658 g/mol. The molecule has 3 heterocycles. The molecule has 1 fully saturated rings. The first kappa shape index (κ1) is 36.5. The van der Waals surface area contributed by atoms with Gasteiger partial charge in [0.2, 0.25) is 0 Å². The van der Waals surface area contributed by atoms with Gasteiger partial charge in [0.1, 0.15) is 23.7 Å². The SMILES string of the molecule is CCN1C(=O)[C@@H](NC(=O)c2cccc(C(F)(F)F)c2)[C@@H](c2ccc(F)cc2)c2c(C(=O)N(C)[C@H](C#N)CCN(C)C)nn(C3CCOCC3)c21. The highest BCUT2D eigenvalue weighted by Crippen LogP contribution is 2.45. The third kappa shape index (κ3) is 7.36. The van der Waals surface area contributed by atoms with Crippen molar-refractivity contribution in [1.82, 2.24) is 24.9 Å². The lowest BCUT2D eigenvalue weighted by Crippen LogP contribution is -2.56. The van der Waals surface area contributed by atoms with E-state index in [1.165, 1.54) is 47.2 Å². The van der Waals surface area contributed by atoms with Gasteiger partial charge in [0.05, 0.1) is 17.7 Å². The number of carbonyl (C=O) groups is 3. The van der Waals surface area contributed by atoms with Crippen LogP contribution in [0.1, 0.15) is 75.7 Å². The molecule has 0 unspecified atom stereocenters. The van der Waals surface area contributed by atoms with Crippen molar-refractivity contribution in [2.75, 3.05) is 52.3 Å². The van der Waals surface area contributed by atoms with Crippen LogP contribution >= 0.6 is 0 Å². The Bertz CT molecular complexity index is 1760. The van der Waals surface area contributed by atoms with Gasteiger partial charge >= 0.3 is 6.18 Å². The van der Waals surface area contributed by atoms with Gasteiger partial charge in [-0.05, 0) is 76.2 Å². The fraction of sp³-hybridized carbons (Fsp3) is 0.457. The van der Waals surface area contributed by atoms with Crippen LogP contribution < -0.4 is 10.2 Å². The lowest BCUT2D eigenvalue weighted by molar-refractivity contribution is -0.137. The van der Waals surface area contributed by atoms with Gasteiger partial charge in [0, 0.05) is 50.4 Å². The summed E-state index contributed by atoms with van der Waals surface area (Å²) in [5.74, 6) is -3.49. The molecule has 0 aliphatic carbocycles. The summed E-state index contributed by atoms with van der Waals surface area (Å²) in [5.41, 5.74) is -0.787. The predicted molar refractivity (Wildman–Crippen MR) is 175 cm³/mol. The molecule has 2 aliphatic rings. The number of rotatable bonds is 10. The molecule has 2 aliphatic heterocycles. The van der Waals surface area contributed by atoms with Crippen molar-refractivity contribution in [3.63, 3.8) is 0 Å². The molecule has 0 spiro atoms. The van der Waals surface area contributed by atoms with E-state index in [-0.39, 0.29) is 29.4 Å². The summed E-state index contributed by atoms with van der Waals surface area (Å²) in [6.07, 6.45) is -3.31. The molecule has 3 amide bonds. The highest BCUT2D eigenvalue weighted by Gasteiger charge is 2.48. The van der Waals surface area contributed by atoms with Crippen LogP contribution in [0, 0.1) is 17.1 Å². The molecule has 1 saturated heterocycles. The molecule has 5 rings (SSSR count). The number of hydrogen-bond donors (Lipinski definition) is 1. The van der Waals surface area contributed by atoms with Gasteiger partial charge in [0.25, 0.3) is 17.7 Å². The zero-order valence-corrected chi connectivity index (χ0v) is 28.2. The average Bonchev–Trinajstić information content (AvgIpc) is 3.48. The van der Waals surface area contributed by atoms with E-state index < -0.39 is 53.3 Å². The Balaban J connectivity index is 1.70. The second-order valence-electron chi connectivity index (χ2n) is 12.7. The van der Waals surface area contributed by atoms with Crippen LogP contribution in [-0.2, 0) is 15.7 Å². The van der Waals surface area contributed by atoms with Gasteiger partial charge in [-0.15, -0.1) is 0 Å². The van der Waals surface area contributed by atoms with Crippen molar-refractivity contribution in [2.45, 2.75) is 56.4 Å². The smallest absolute Gasteiger partial charge is 0.381 e. The molecule has 2 aromatic carbocycles. The summed E-state index contributed by atoms with van der Waals surface area (Å²) in [6.45, 7) is 3.17. The lowest BCUT2D eigenvalue weighted by atomic mass is 9.80. The number of carbonyl (C=O) groups excluding carboxylic acids is 3. The van der Waals surface area contributed by atoms with Gasteiger partial charge in [-0.3, -0.25) is 19.3 Å². The van der Waals surface area contributed by atoms with E-state index in [0.29, 0.717) is 56.5 Å². The number of aromatic nitrogens is 2. The third-order valence-electron chi connectivity index (χ3n) is 9.16. The largest absolute Gasteiger partial charge is 0.416 e. The Morgan fingerprint density at radius 3 is 2.40 bits per heavy atom. The van der Waals surface area contributed by atoms with E-state index in [4.69, 9.17) is 9.84 Å². The number of alkyl halides is 3. The normalized spacial score (nSPS) is 18.8. The molecule has 266 valence electrons. The maximum atomic E-state index is 14.5. The van der Waals surface area contributed by atoms with Crippen LogP contribution in [0.5, 0.6) is 0 Å². The Kier molecular flexibility index (Phi) is 10.9. The Hall–Kier alpha value is -4.81. The second kappa shape index (κ2) is 15.0. The third-order valence-corrected chi connectivity index (χ3v) is 9.16. The quantitative estimate of drug-likeness (QED) is 0.307. The number of likely N-dealkylation sites (N-methyl/N-ethyl adjacent to an activating group) is 1. The second-order valence-corrected chi connectivity index (χ2v) is 12.7. The molecule has 0 saturated carbocycles. The van der Waals surface area contributed by atoms with Gasteiger partial charge in [-0.25, -0.2) is 9.07 Å². The topological polar surface area (TPSA) is 124 Å². The molecule has 1 N–H and O–H groups in total. The van der Waals surface area contributed by atoms with E-state index in [9.17, 15) is 37.2 Å². The molecule has 15 heteroatoms. The van der Waals surface area contributed by atoms with Crippen LogP contribution in [0.25, 0.3) is 0 Å². The Labute approximate surface area is 287 Å². The van der Waals surface area contributed by atoms with Crippen molar-refractivity contribution < 1.29 is 36.7 Å². The number of halogens is 4. The molecule has 3 aromatic rings. The molecule has 11 nitrogen and oxygen atoms in total. The van der Waals surface area contributed by atoms with E-state index in [0.717, 1.165) is 12.1 Å². The van der Waals surface area contributed by atoms with E-state index in [1.54, 1.807) is 11.6 Å². The first-order chi connectivity index (χ1) is 23.8. The van der Waals surface area contributed by atoms with Crippen LogP contribution in [0.15, 0.2) is 48.5 Å². The van der Waals surface area contributed by atoms with Crippen LogP contribution in [0.4, 0.5) is 23.4 Å². The van der Waals surface area contributed by atoms with Crippen LogP contribution in [0.3, 0.4) is 0 Å². The number of fused-ring (bicyclic) bond motifs is 1. The van der Waals surface area contributed by atoms with Crippen molar-refractivity contribution in [2.24, 2.45) is 0 Å². The molecule has 3 atom stereocenters. The van der Waals surface area contributed by atoms with Crippen LogP contribution in [0.2, 0.25) is 0 Å². The monoisotopic (exact) mass is 697 g/mol. The summed E-state index contributed by atoms with van der Waals surface area (Å²) in [5, 5.41) is 17.5. The molecule has 1 aromatic heterocycles. The van der Waals surface area contributed by atoms with Crippen molar-refractivity contribution in [1.29, 1.82) is 5.26 Å². The maximum Gasteiger partial charge on any atom is 0.416 e. The maximum absolute atomic E-state index is 14.5. The first-order valence-electron chi connectivity index (χ1n) is 16.3. The average molecular weight is 698 g/mol. The van der Waals surface area contributed by atoms with Crippen LogP contribution in [-0.4, -0.2) is 96.8 Å². The Morgan fingerprint density at radius 2 is 1.80 bits per heavy atom. The zero-order chi connectivity index (χ0) is 36.3. The number of nitriles is 1. The summed E-state index contributed by atoms with van der Waals surface area (Å²) in [7, 11) is 5.19. The fourth-order valence-electron chi connectivity index (χ4n) is 6.49. The molecule has 0 radical (unpaired) electrons. The van der Waals surface area contributed by atoms with E-state index in [1.807, 2.05) is 19.0 Å². The number of hydrogen-bond acceptors (Lipinski definition) is 7. The standard InChI is InChI=1S/C35H39F4N7O4/c1-5-45-32-28(30(42-46(32)25-14-17-50-18-15-25)33(48)44(4)26(20-40)13-16-43(2)3)27(21-9-11-24(36)12-10-21)29(34(45)49)41-31(47)22-7-6-8-23(19-22)35(37,38)39/h6-12,19,25-27,29H,5,13-18H2,1-4H3,(H,41,47)/t26-,27-,29-/m0/s1. The molecule has 50 heavy (non-hydrogen) atoms. The van der Waals surface area contributed by atoms with Gasteiger partial charge in [-0.2, -0.15) is 23.5 Å². The number of ether oxygens (including phenoxy) is 1. The number of nitrogens with one attached hydrogen (secondary N) is 1. The highest BCUT2D eigenvalue weighted by molar-refractivity contribution is 6.07. The molecule has 0 bridgehead atoms. The number of amides is 3. The summed E-state index contributed by atoms with van der Waals surface area (Å²) >= 11 is 0. The van der Waals surface area contributed by atoms with Gasteiger partial charge < -0.3 is 19.9 Å². The van der Waals surface area contributed by atoms with Crippen molar-refractivity contribution in [3.05, 3.63) is 82.3 Å². The highest BCUT2D eigenvalue weighted by atomic mass is 19.4. The Morgan fingerprint density at radius 1 is 1.12 bits per heavy atom. The summed E-state index contributed by atoms with van der Waals surface area (Å²) in [6, 6.07) is 8.72. The lowest BCUT2D eigenvalue weighted by Gasteiger charge is -2.39.